The van der Waals surface area contributed by atoms with Gasteiger partial charge >= 0.3 is 0 Å². The molecule has 1 unspecified atom stereocenters. The van der Waals surface area contributed by atoms with Crippen molar-refractivity contribution in [3.8, 4) is 11.4 Å². The van der Waals surface area contributed by atoms with Crippen molar-refractivity contribution < 1.29 is 9.53 Å². The summed E-state index contributed by atoms with van der Waals surface area (Å²) in [6, 6.07) is 7.57. The molecule has 1 heterocycles. The van der Waals surface area contributed by atoms with E-state index in [1.807, 2.05) is 45.0 Å². The summed E-state index contributed by atoms with van der Waals surface area (Å²) in [6.45, 7) is 8.06. The molecule has 118 valence electrons. The van der Waals surface area contributed by atoms with E-state index in [0.29, 0.717) is 18.1 Å². The highest BCUT2D eigenvalue weighted by molar-refractivity contribution is 5.97. The predicted molar refractivity (Wildman–Crippen MR) is 83.4 cm³/mol. The first-order valence-corrected chi connectivity index (χ1v) is 7.34. The fraction of sp³-hybridized carbons (Fsp3) is 0.467. The molecule has 0 spiro atoms. The SMILES string of the molecule is CCOC(C)C(=O)Nc1ccccc1-c1nnnn1C(C)C. The van der Waals surface area contributed by atoms with E-state index in [1.54, 1.807) is 11.6 Å². The van der Waals surface area contributed by atoms with Crippen molar-refractivity contribution in [1.82, 2.24) is 20.2 Å². The zero-order valence-electron chi connectivity index (χ0n) is 13.3. The van der Waals surface area contributed by atoms with Gasteiger partial charge in [-0.15, -0.1) is 5.10 Å². The van der Waals surface area contributed by atoms with E-state index >= 15 is 0 Å². The zero-order valence-corrected chi connectivity index (χ0v) is 13.3. The number of ether oxygens (including phenoxy) is 1. The topological polar surface area (TPSA) is 81.9 Å². The smallest absolute Gasteiger partial charge is 0.253 e. The summed E-state index contributed by atoms with van der Waals surface area (Å²) in [7, 11) is 0. The van der Waals surface area contributed by atoms with Gasteiger partial charge in [0, 0.05) is 12.2 Å². The van der Waals surface area contributed by atoms with Crippen molar-refractivity contribution >= 4 is 11.6 Å². The fourth-order valence-electron chi connectivity index (χ4n) is 2.07. The van der Waals surface area contributed by atoms with E-state index in [-0.39, 0.29) is 11.9 Å². The van der Waals surface area contributed by atoms with Crippen molar-refractivity contribution in [3.05, 3.63) is 24.3 Å². The minimum Gasteiger partial charge on any atom is -0.369 e. The maximum atomic E-state index is 12.1. The number of amides is 1. The first-order chi connectivity index (χ1) is 10.5. The first-order valence-electron chi connectivity index (χ1n) is 7.34. The summed E-state index contributed by atoms with van der Waals surface area (Å²) < 4.78 is 7.03. The molecule has 22 heavy (non-hydrogen) atoms. The summed E-state index contributed by atoms with van der Waals surface area (Å²) in [4.78, 5) is 12.1. The van der Waals surface area contributed by atoms with Gasteiger partial charge in [0.1, 0.15) is 6.10 Å². The molecule has 0 radical (unpaired) electrons. The van der Waals surface area contributed by atoms with Crippen LogP contribution in [0.3, 0.4) is 0 Å². The molecule has 2 rings (SSSR count). The van der Waals surface area contributed by atoms with Gasteiger partial charge in [-0.2, -0.15) is 0 Å². The van der Waals surface area contributed by atoms with Gasteiger partial charge in [0.25, 0.3) is 5.91 Å². The number of nitrogens with zero attached hydrogens (tertiary/aromatic N) is 4. The number of rotatable bonds is 6. The Balaban J connectivity index is 2.31. The minimum atomic E-state index is -0.515. The van der Waals surface area contributed by atoms with E-state index in [9.17, 15) is 4.79 Å². The third kappa shape index (κ3) is 3.48. The van der Waals surface area contributed by atoms with Crippen LogP contribution in [0.2, 0.25) is 0 Å². The third-order valence-corrected chi connectivity index (χ3v) is 3.19. The molecule has 7 heteroatoms. The second kappa shape index (κ2) is 7.13. The Kier molecular flexibility index (Phi) is 5.21. The maximum Gasteiger partial charge on any atom is 0.253 e. The number of nitrogens with one attached hydrogen (secondary N) is 1. The summed E-state index contributed by atoms with van der Waals surface area (Å²) in [5.74, 6) is 0.424. The number of benzene rings is 1. The van der Waals surface area contributed by atoms with E-state index in [0.717, 1.165) is 5.56 Å². The summed E-state index contributed by atoms with van der Waals surface area (Å²) in [6.07, 6.45) is -0.515. The summed E-state index contributed by atoms with van der Waals surface area (Å²) in [5.41, 5.74) is 1.44. The Hall–Kier alpha value is -2.28. The molecular formula is C15H21N5O2. The van der Waals surface area contributed by atoms with Gasteiger partial charge in [-0.25, -0.2) is 4.68 Å². The van der Waals surface area contributed by atoms with Crippen LogP contribution in [0.15, 0.2) is 24.3 Å². The summed E-state index contributed by atoms with van der Waals surface area (Å²) in [5, 5.41) is 14.7. The molecule has 1 atom stereocenters. The average Bonchev–Trinajstić information content (AvgIpc) is 2.97. The van der Waals surface area contributed by atoms with Gasteiger partial charge in [-0.05, 0) is 50.3 Å². The van der Waals surface area contributed by atoms with Gasteiger partial charge in [-0.3, -0.25) is 4.79 Å². The van der Waals surface area contributed by atoms with E-state index in [2.05, 4.69) is 20.8 Å². The van der Waals surface area contributed by atoms with E-state index in [4.69, 9.17) is 4.74 Å². The number of hydrogen-bond donors (Lipinski definition) is 1. The lowest BCUT2D eigenvalue weighted by Crippen LogP contribution is -2.28. The lowest BCUT2D eigenvalue weighted by molar-refractivity contribution is -0.126. The van der Waals surface area contributed by atoms with Gasteiger partial charge in [0.2, 0.25) is 0 Å². The van der Waals surface area contributed by atoms with Crippen LogP contribution in [0.1, 0.15) is 33.7 Å². The van der Waals surface area contributed by atoms with Crippen molar-refractivity contribution in [2.45, 2.75) is 39.8 Å². The zero-order chi connectivity index (χ0) is 16.1. The fourth-order valence-corrected chi connectivity index (χ4v) is 2.07. The Morgan fingerprint density at radius 1 is 1.32 bits per heavy atom. The highest BCUT2D eigenvalue weighted by Gasteiger charge is 2.18. The molecule has 0 saturated carbocycles. The number of carbonyl (C=O) groups excluding carboxylic acids is 1. The second-order valence-corrected chi connectivity index (χ2v) is 5.17. The Bertz CT molecular complexity index is 638. The van der Waals surface area contributed by atoms with Crippen molar-refractivity contribution in [2.75, 3.05) is 11.9 Å². The average molecular weight is 303 g/mol. The molecule has 1 N–H and O–H groups in total. The largest absolute Gasteiger partial charge is 0.369 e. The molecule has 1 amide bonds. The molecule has 0 saturated heterocycles. The molecule has 0 aliphatic carbocycles. The number of anilines is 1. The second-order valence-electron chi connectivity index (χ2n) is 5.17. The summed E-state index contributed by atoms with van der Waals surface area (Å²) >= 11 is 0. The van der Waals surface area contributed by atoms with Gasteiger partial charge < -0.3 is 10.1 Å². The van der Waals surface area contributed by atoms with Crippen LogP contribution in [0.4, 0.5) is 5.69 Å². The highest BCUT2D eigenvalue weighted by atomic mass is 16.5. The van der Waals surface area contributed by atoms with Crippen LogP contribution in [0.25, 0.3) is 11.4 Å². The molecular weight excluding hydrogens is 282 g/mol. The number of para-hydroxylation sites is 1. The van der Waals surface area contributed by atoms with Gasteiger partial charge in [0.15, 0.2) is 5.82 Å². The molecule has 7 nitrogen and oxygen atoms in total. The van der Waals surface area contributed by atoms with Crippen molar-refractivity contribution in [1.29, 1.82) is 0 Å². The molecule has 0 fully saturated rings. The van der Waals surface area contributed by atoms with Crippen molar-refractivity contribution in [3.63, 3.8) is 0 Å². The Morgan fingerprint density at radius 2 is 2.05 bits per heavy atom. The number of hydrogen-bond acceptors (Lipinski definition) is 5. The molecule has 1 aromatic carbocycles. The molecule has 0 aliphatic rings. The van der Waals surface area contributed by atoms with Gasteiger partial charge in [-0.1, -0.05) is 12.1 Å². The lowest BCUT2D eigenvalue weighted by Gasteiger charge is -2.15. The normalized spacial score (nSPS) is 12.4. The third-order valence-electron chi connectivity index (χ3n) is 3.19. The highest BCUT2D eigenvalue weighted by Crippen LogP contribution is 2.27. The van der Waals surface area contributed by atoms with Crippen LogP contribution in [0.5, 0.6) is 0 Å². The van der Waals surface area contributed by atoms with E-state index in [1.165, 1.54) is 0 Å². The van der Waals surface area contributed by atoms with Crippen LogP contribution in [-0.2, 0) is 9.53 Å². The standard InChI is InChI=1S/C15H21N5O2/c1-5-22-11(4)15(21)16-13-9-7-6-8-12(13)14-17-18-19-20(14)10(2)3/h6-11H,5H2,1-4H3,(H,16,21). The number of tetrazole rings is 1. The number of aromatic nitrogens is 4. The monoisotopic (exact) mass is 303 g/mol. The Morgan fingerprint density at radius 3 is 2.73 bits per heavy atom. The molecule has 0 bridgehead atoms. The lowest BCUT2D eigenvalue weighted by atomic mass is 10.1. The van der Waals surface area contributed by atoms with E-state index < -0.39 is 6.10 Å². The van der Waals surface area contributed by atoms with Crippen LogP contribution < -0.4 is 5.32 Å². The molecule has 1 aromatic heterocycles. The molecule has 0 aliphatic heterocycles. The van der Waals surface area contributed by atoms with Gasteiger partial charge in [0.05, 0.1) is 11.7 Å². The van der Waals surface area contributed by atoms with Crippen LogP contribution in [-0.4, -0.2) is 38.8 Å². The van der Waals surface area contributed by atoms with Crippen LogP contribution in [0, 0.1) is 0 Å². The minimum absolute atomic E-state index is 0.121. The van der Waals surface area contributed by atoms with Crippen LogP contribution >= 0.6 is 0 Å². The molecule has 2 aromatic rings. The number of carbonyl (C=O) groups is 1. The predicted octanol–water partition coefficient (Wildman–Crippen LogP) is 2.28. The quantitative estimate of drug-likeness (QED) is 0.885. The Labute approximate surface area is 129 Å². The van der Waals surface area contributed by atoms with Crippen molar-refractivity contribution in [2.24, 2.45) is 0 Å². The maximum absolute atomic E-state index is 12.1. The first kappa shape index (κ1) is 16.1.